The minimum absolute atomic E-state index is 0. The first-order valence-electron chi connectivity index (χ1n) is 8.82. The Hall–Kier alpha value is -2.00. The quantitative estimate of drug-likeness (QED) is 0.293. The Morgan fingerprint density at radius 3 is 2.57 bits per heavy atom. The maximum Gasteiger partial charge on any atom is 0.191 e. The van der Waals surface area contributed by atoms with Gasteiger partial charge in [-0.2, -0.15) is 5.10 Å². The number of nitrogens with one attached hydrogen (secondary N) is 2. The molecule has 0 aliphatic heterocycles. The molecule has 0 bridgehead atoms. The maximum atomic E-state index is 6.03. The average molecular weight is 514 g/mol. The third-order valence-electron chi connectivity index (χ3n) is 4.38. The molecule has 3 rings (SSSR count). The zero-order valence-corrected chi connectivity index (χ0v) is 19.2. The summed E-state index contributed by atoms with van der Waals surface area (Å²) >= 11 is 6.03. The summed E-state index contributed by atoms with van der Waals surface area (Å²) in [6.45, 7) is 5.20. The molecule has 1 atom stereocenters. The normalized spacial score (nSPS) is 12.4. The van der Waals surface area contributed by atoms with E-state index in [0.29, 0.717) is 18.1 Å². The van der Waals surface area contributed by atoms with Crippen LogP contribution in [0.4, 0.5) is 0 Å². The topological polar surface area (TPSA) is 67.4 Å². The number of hydrogen-bond acceptors (Lipinski definition) is 3. The van der Waals surface area contributed by atoms with Crippen LogP contribution in [0.1, 0.15) is 28.7 Å². The third-order valence-corrected chi connectivity index (χ3v) is 4.63. The molecule has 0 amide bonds. The van der Waals surface area contributed by atoms with E-state index in [1.807, 2.05) is 61.1 Å². The van der Waals surface area contributed by atoms with Crippen LogP contribution in [0.25, 0.3) is 0 Å². The van der Waals surface area contributed by atoms with Gasteiger partial charge in [0.1, 0.15) is 11.5 Å². The number of hydrogen-bond donors (Lipinski definition) is 2. The van der Waals surface area contributed by atoms with Crippen molar-refractivity contribution in [3.05, 3.63) is 76.5 Å². The predicted molar refractivity (Wildman–Crippen MR) is 124 cm³/mol. The van der Waals surface area contributed by atoms with Crippen molar-refractivity contribution in [1.82, 2.24) is 20.4 Å². The van der Waals surface area contributed by atoms with Gasteiger partial charge in [-0.3, -0.25) is 9.67 Å². The Kier molecular flexibility index (Phi) is 8.37. The SMILES string of the molecule is CN=C(NCc1cc(C)oc1C)NCC(c1ccc(Cl)cc1)n1cccn1.I. The summed E-state index contributed by atoms with van der Waals surface area (Å²) in [7, 11) is 1.76. The summed E-state index contributed by atoms with van der Waals surface area (Å²) in [5.41, 5.74) is 2.24. The molecule has 0 aliphatic carbocycles. The van der Waals surface area contributed by atoms with Crippen LogP contribution in [-0.2, 0) is 6.54 Å². The second-order valence-electron chi connectivity index (χ2n) is 6.30. The first-order chi connectivity index (χ1) is 13.1. The summed E-state index contributed by atoms with van der Waals surface area (Å²) < 4.78 is 7.50. The first kappa shape index (κ1) is 22.3. The number of guanidine groups is 1. The Labute approximate surface area is 187 Å². The molecular formula is C20H25ClIN5O. The Bertz CT molecular complexity index is 890. The van der Waals surface area contributed by atoms with Gasteiger partial charge < -0.3 is 15.1 Å². The summed E-state index contributed by atoms with van der Waals surface area (Å²) in [5.74, 6) is 2.55. The van der Waals surface area contributed by atoms with Crippen molar-refractivity contribution in [3.63, 3.8) is 0 Å². The lowest BCUT2D eigenvalue weighted by Crippen LogP contribution is -2.40. The minimum Gasteiger partial charge on any atom is -0.466 e. The molecule has 2 aromatic heterocycles. The number of nitrogens with zero attached hydrogens (tertiary/aromatic N) is 3. The van der Waals surface area contributed by atoms with Gasteiger partial charge in [0, 0.05) is 43.1 Å². The van der Waals surface area contributed by atoms with Crippen LogP contribution >= 0.6 is 35.6 Å². The van der Waals surface area contributed by atoms with Crippen LogP contribution in [0.3, 0.4) is 0 Å². The Morgan fingerprint density at radius 1 is 1.25 bits per heavy atom. The Balaban J connectivity index is 0.00000280. The largest absolute Gasteiger partial charge is 0.466 e. The van der Waals surface area contributed by atoms with Crippen LogP contribution in [0.15, 0.2) is 58.2 Å². The molecule has 0 saturated heterocycles. The van der Waals surface area contributed by atoms with Crippen LogP contribution in [0.5, 0.6) is 0 Å². The second-order valence-corrected chi connectivity index (χ2v) is 6.74. The molecule has 28 heavy (non-hydrogen) atoms. The zero-order valence-electron chi connectivity index (χ0n) is 16.1. The standard InChI is InChI=1S/C20H24ClN5O.HI/c1-14-11-17(15(2)27-14)12-23-20(22-3)24-13-19(26-10-4-9-25-26)16-5-7-18(21)8-6-16;/h4-11,19H,12-13H2,1-3H3,(H2,22,23,24);1H. The fourth-order valence-corrected chi connectivity index (χ4v) is 3.09. The van der Waals surface area contributed by atoms with Gasteiger partial charge >= 0.3 is 0 Å². The summed E-state index contributed by atoms with van der Waals surface area (Å²) in [5, 5.41) is 11.8. The van der Waals surface area contributed by atoms with E-state index >= 15 is 0 Å². The number of halogens is 2. The average Bonchev–Trinajstić information content (AvgIpc) is 3.29. The number of benzene rings is 1. The molecule has 1 unspecified atom stereocenters. The fourth-order valence-electron chi connectivity index (χ4n) is 2.97. The number of aryl methyl sites for hydroxylation is 2. The highest BCUT2D eigenvalue weighted by atomic mass is 127. The van der Waals surface area contributed by atoms with E-state index in [1.54, 1.807) is 13.2 Å². The van der Waals surface area contributed by atoms with Gasteiger partial charge in [-0.25, -0.2) is 0 Å². The molecule has 0 spiro atoms. The van der Waals surface area contributed by atoms with Gasteiger partial charge in [-0.15, -0.1) is 24.0 Å². The summed E-state index contributed by atoms with van der Waals surface area (Å²) in [6, 6.07) is 11.8. The van der Waals surface area contributed by atoms with Crippen molar-refractivity contribution >= 4 is 41.5 Å². The number of aromatic nitrogens is 2. The predicted octanol–water partition coefficient (Wildman–Crippen LogP) is 4.32. The maximum absolute atomic E-state index is 6.03. The third kappa shape index (κ3) is 5.75. The summed E-state index contributed by atoms with van der Waals surface area (Å²) in [4.78, 5) is 4.31. The van der Waals surface area contributed by atoms with E-state index in [9.17, 15) is 0 Å². The van der Waals surface area contributed by atoms with Crippen LogP contribution < -0.4 is 10.6 Å². The number of rotatable bonds is 6. The van der Waals surface area contributed by atoms with E-state index < -0.39 is 0 Å². The van der Waals surface area contributed by atoms with Gasteiger partial charge in [0.15, 0.2) is 5.96 Å². The fraction of sp³-hybridized carbons (Fsp3) is 0.300. The monoisotopic (exact) mass is 513 g/mol. The van der Waals surface area contributed by atoms with E-state index in [1.165, 1.54) is 0 Å². The van der Waals surface area contributed by atoms with E-state index in [4.69, 9.17) is 16.0 Å². The highest BCUT2D eigenvalue weighted by Crippen LogP contribution is 2.19. The number of aliphatic imine (C=N–C) groups is 1. The van der Waals surface area contributed by atoms with E-state index in [-0.39, 0.29) is 30.0 Å². The highest BCUT2D eigenvalue weighted by molar-refractivity contribution is 14.0. The van der Waals surface area contributed by atoms with Gasteiger partial charge in [0.25, 0.3) is 0 Å². The Morgan fingerprint density at radius 2 is 2.00 bits per heavy atom. The van der Waals surface area contributed by atoms with Crippen molar-refractivity contribution in [2.24, 2.45) is 4.99 Å². The van der Waals surface area contributed by atoms with E-state index in [2.05, 4.69) is 20.7 Å². The van der Waals surface area contributed by atoms with Crippen molar-refractivity contribution in [3.8, 4) is 0 Å². The van der Waals surface area contributed by atoms with Gasteiger partial charge in [0.05, 0.1) is 6.04 Å². The van der Waals surface area contributed by atoms with Crippen molar-refractivity contribution in [2.45, 2.75) is 26.4 Å². The van der Waals surface area contributed by atoms with Crippen molar-refractivity contribution < 1.29 is 4.42 Å². The molecule has 0 fully saturated rings. The minimum atomic E-state index is 0. The van der Waals surface area contributed by atoms with Crippen molar-refractivity contribution in [1.29, 1.82) is 0 Å². The van der Waals surface area contributed by atoms with Gasteiger partial charge in [0.2, 0.25) is 0 Å². The van der Waals surface area contributed by atoms with Crippen LogP contribution in [0.2, 0.25) is 5.02 Å². The lowest BCUT2D eigenvalue weighted by atomic mass is 10.1. The molecule has 6 nitrogen and oxygen atoms in total. The molecule has 8 heteroatoms. The molecule has 0 radical (unpaired) electrons. The van der Waals surface area contributed by atoms with Crippen molar-refractivity contribution in [2.75, 3.05) is 13.6 Å². The smallest absolute Gasteiger partial charge is 0.191 e. The highest BCUT2D eigenvalue weighted by Gasteiger charge is 2.15. The molecule has 3 aromatic rings. The molecule has 2 N–H and O–H groups in total. The molecule has 1 aromatic carbocycles. The second kappa shape index (κ2) is 10.5. The number of furan rings is 1. The summed E-state index contributed by atoms with van der Waals surface area (Å²) in [6.07, 6.45) is 3.73. The van der Waals surface area contributed by atoms with Gasteiger partial charge in [-0.05, 0) is 43.7 Å². The van der Waals surface area contributed by atoms with Crippen LogP contribution in [-0.4, -0.2) is 29.3 Å². The lowest BCUT2D eigenvalue weighted by molar-refractivity contribution is 0.500. The molecule has 0 aliphatic rings. The van der Waals surface area contributed by atoms with Gasteiger partial charge in [-0.1, -0.05) is 23.7 Å². The molecular weight excluding hydrogens is 489 g/mol. The molecule has 2 heterocycles. The lowest BCUT2D eigenvalue weighted by Gasteiger charge is -2.20. The van der Waals surface area contributed by atoms with E-state index in [0.717, 1.165) is 28.6 Å². The molecule has 0 saturated carbocycles. The van der Waals surface area contributed by atoms with Crippen LogP contribution in [0, 0.1) is 13.8 Å². The molecule has 150 valence electrons. The zero-order chi connectivity index (χ0) is 19.2. The first-order valence-corrected chi connectivity index (χ1v) is 9.19.